The fourth-order valence-electron chi connectivity index (χ4n) is 3.08. The first-order chi connectivity index (χ1) is 11.4. The Morgan fingerprint density at radius 3 is 1.44 bits per heavy atom. The SMILES string of the molecule is CC(C)(C)c1cc(CN)cc(C(C)(C)C)c1C(O)C(CO)(CO)CO. The molecule has 5 heteroatoms. The maximum atomic E-state index is 11.2. The van der Waals surface area contributed by atoms with Gasteiger partial charge in [-0.2, -0.15) is 0 Å². The second-order valence-electron chi connectivity index (χ2n) is 9.05. The molecule has 144 valence electrons. The molecule has 0 amide bonds. The number of nitrogens with two attached hydrogens (primary N) is 1. The van der Waals surface area contributed by atoms with Crippen molar-refractivity contribution in [3.8, 4) is 0 Å². The summed E-state index contributed by atoms with van der Waals surface area (Å²) < 4.78 is 0. The Hall–Kier alpha value is -0.980. The highest BCUT2D eigenvalue weighted by atomic mass is 16.3. The van der Waals surface area contributed by atoms with Gasteiger partial charge in [-0.25, -0.2) is 0 Å². The lowest BCUT2D eigenvalue weighted by Crippen LogP contribution is -2.42. The molecule has 6 N–H and O–H groups in total. The van der Waals surface area contributed by atoms with Crippen LogP contribution < -0.4 is 5.73 Å². The van der Waals surface area contributed by atoms with E-state index in [1.807, 2.05) is 53.7 Å². The van der Waals surface area contributed by atoms with E-state index in [0.717, 1.165) is 16.7 Å². The fourth-order valence-corrected chi connectivity index (χ4v) is 3.08. The highest BCUT2D eigenvalue weighted by Gasteiger charge is 2.42. The van der Waals surface area contributed by atoms with Crippen molar-refractivity contribution >= 4 is 0 Å². The molecule has 0 fully saturated rings. The van der Waals surface area contributed by atoms with Gasteiger partial charge in [-0.15, -0.1) is 0 Å². The topological polar surface area (TPSA) is 107 Å². The maximum Gasteiger partial charge on any atom is 0.0918 e. The van der Waals surface area contributed by atoms with E-state index in [1.165, 1.54) is 0 Å². The number of benzene rings is 1. The minimum absolute atomic E-state index is 0.284. The molecular weight excluding hydrogens is 318 g/mol. The first-order valence-electron chi connectivity index (χ1n) is 8.76. The van der Waals surface area contributed by atoms with Crippen LogP contribution in [0, 0.1) is 5.41 Å². The van der Waals surface area contributed by atoms with Crippen molar-refractivity contribution in [2.45, 2.75) is 65.0 Å². The number of aliphatic hydroxyl groups excluding tert-OH is 4. The lowest BCUT2D eigenvalue weighted by atomic mass is 9.69. The largest absolute Gasteiger partial charge is 0.395 e. The summed E-state index contributed by atoms with van der Waals surface area (Å²) in [7, 11) is 0. The number of hydrogen-bond donors (Lipinski definition) is 5. The van der Waals surface area contributed by atoms with Gasteiger partial charge in [-0.1, -0.05) is 53.7 Å². The molecule has 1 unspecified atom stereocenters. The monoisotopic (exact) mass is 353 g/mol. The quantitative estimate of drug-likeness (QED) is 0.535. The zero-order valence-corrected chi connectivity index (χ0v) is 16.4. The molecule has 25 heavy (non-hydrogen) atoms. The van der Waals surface area contributed by atoms with Crippen LogP contribution >= 0.6 is 0 Å². The molecule has 1 aromatic rings. The van der Waals surface area contributed by atoms with Gasteiger partial charge in [-0.3, -0.25) is 0 Å². The lowest BCUT2D eigenvalue weighted by molar-refractivity contribution is -0.0862. The molecule has 0 saturated heterocycles. The number of aliphatic hydroxyl groups is 4. The van der Waals surface area contributed by atoms with Gasteiger partial charge in [0.15, 0.2) is 0 Å². The molecule has 1 aromatic carbocycles. The van der Waals surface area contributed by atoms with E-state index in [1.54, 1.807) is 0 Å². The van der Waals surface area contributed by atoms with E-state index in [9.17, 15) is 20.4 Å². The summed E-state index contributed by atoms with van der Waals surface area (Å²) in [5, 5.41) is 40.6. The average molecular weight is 354 g/mol. The van der Waals surface area contributed by atoms with Crippen LogP contribution in [0.1, 0.15) is 69.9 Å². The molecule has 0 radical (unpaired) electrons. The third-order valence-electron chi connectivity index (χ3n) is 4.89. The highest BCUT2D eigenvalue weighted by Crippen LogP contribution is 2.44. The molecule has 0 aliphatic rings. The van der Waals surface area contributed by atoms with Crippen LogP contribution in [0.3, 0.4) is 0 Å². The Bertz CT molecular complexity index is 537. The minimum Gasteiger partial charge on any atom is -0.395 e. The van der Waals surface area contributed by atoms with Crippen LogP contribution in [0.5, 0.6) is 0 Å². The van der Waals surface area contributed by atoms with Crippen molar-refractivity contribution in [3.63, 3.8) is 0 Å². The normalized spacial score (nSPS) is 14.7. The van der Waals surface area contributed by atoms with Gasteiger partial charge in [0.25, 0.3) is 0 Å². The van der Waals surface area contributed by atoms with Gasteiger partial charge in [0.05, 0.1) is 31.3 Å². The summed E-state index contributed by atoms with van der Waals surface area (Å²) in [5.41, 5.74) is 7.35. The van der Waals surface area contributed by atoms with E-state index < -0.39 is 31.3 Å². The zero-order chi connectivity index (χ0) is 19.6. The Morgan fingerprint density at radius 2 is 1.20 bits per heavy atom. The third kappa shape index (κ3) is 4.41. The number of rotatable bonds is 6. The second-order valence-corrected chi connectivity index (χ2v) is 9.05. The van der Waals surface area contributed by atoms with Crippen molar-refractivity contribution in [1.82, 2.24) is 0 Å². The minimum atomic E-state index is -1.41. The van der Waals surface area contributed by atoms with Crippen LogP contribution in [0.15, 0.2) is 12.1 Å². The van der Waals surface area contributed by atoms with Crippen molar-refractivity contribution in [2.24, 2.45) is 11.1 Å². The third-order valence-corrected chi connectivity index (χ3v) is 4.89. The van der Waals surface area contributed by atoms with Crippen LogP contribution in [0.2, 0.25) is 0 Å². The Morgan fingerprint density at radius 1 is 0.840 bits per heavy atom. The van der Waals surface area contributed by atoms with Gasteiger partial charge in [0.1, 0.15) is 0 Å². The molecular formula is C20H35NO4. The molecule has 5 nitrogen and oxygen atoms in total. The Kier molecular flexibility index (Phi) is 6.81. The van der Waals surface area contributed by atoms with Gasteiger partial charge < -0.3 is 26.2 Å². The van der Waals surface area contributed by atoms with Crippen LogP contribution in [0.4, 0.5) is 0 Å². The Balaban J connectivity index is 3.87. The van der Waals surface area contributed by atoms with E-state index in [-0.39, 0.29) is 10.8 Å². The molecule has 0 aromatic heterocycles. The van der Waals surface area contributed by atoms with Crippen molar-refractivity contribution in [3.05, 3.63) is 34.4 Å². The first-order valence-corrected chi connectivity index (χ1v) is 8.76. The van der Waals surface area contributed by atoms with E-state index >= 15 is 0 Å². The predicted octanol–water partition coefficient (Wildman–Crippen LogP) is 1.74. The molecule has 0 aliphatic carbocycles. The summed E-state index contributed by atoms with van der Waals surface area (Å²) in [6.07, 6.45) is -1.21. The van der Waals surface area contributed by atoms with Crippen LogP contribution in [-0.4, -0.2) is 40.2 Å². The fraction of sp³-hybridized carbons (Fsp3) is 0.700. The van der Waals surface area contributed by atoms with E-state index in [0.29, 0.717) is 12.1 Å². The maximum absolute atomic E-state index is 11.2. The molecule has 0 heterocycles. The standard InChI is InChI=1S/C20H35NO4/c1-18(2,3)14-7-13(9-21)8-15(19(4,5)6)16(14)17(25)20(10-22,11-23)12-24/h7-8,17,22-25H,9-12,21H2,1-6H3. The van der Waals surface area contributed by atoms with Crippen molar-refractivity contribution < 1.29 is 20.4 Å². The van der Waals surface area contributed by atoms with Crippen molar-refractivity contribution in [1.29, 1.82) is 0 Å². The first kappa shape index (κ1) is 22.1. The summed E-state index contributed by atoms with van der Waals surface area (Å²) in [6, 6.07) is 3.95. The predicted molar refractivity (Wildman–Crippen MR) is 100 cm³/mol. The lowest BCUT2D eigenvalue weighted by Gasteiger charge is -2.39. The number of hydrogen-bond acceptors (Lipinski definition) is 5. The summed E-state index contributed by atoms with van der Waals surface area (Å²) in [6.45, 7) is 11.1. The van der Waals surface area contributed by atoms with Gasteiger partial charge in [-0.05, 0) is 33.1 Å². The van der Waals surface area contributed by atoms with E-state index in [4.69, 9.17) is 5.73 Å². The molecule has 1 atom stereocenters. The zero-order valence-electron chi connectivity index (χ0n) is 16.4. The summed E-state index contributed by atoms with van der Waals surface area (Å²) in [5.74, 6) is 0. The second kappa shape index (κ2) is 7.72. The Labute approximate surface area is 151 Å². The van der Waals surface area contributed by atoms with Gasteiger partial charge >= 0.3 is 0 Å². The molecule has 0 spiro atoms. The average Bonchev–Trinajstić information content (AvgIpc) is 2.53. The van der Waals surface area contributed by atoms with Crippen LogP contribution in [0.25, 0.3) is 0 Å². The van der Waals surface area contributed by atoms with Gasteiger partial charge in [0, 0.05) is 6.54 Å². The molecule has 0 aliphatic heterocycles. The van der Waals surface area contributed by atoms with Gasteiger partial charge in [0.2, 0.25) is 0 Å². The molecule has 1 rings (SSSR count). The molecule has 0 bridgehead atoms. The summed E-state index contributed by atoms with van der Waals surface area (Å²) >= 11 is 0. The van der Waals surface area contributed by atoms with Crippen molar-refractivity contribution in [2.75, 3.05) is 19.8 Å². The highest BCUT2D eigenvalue weighted by molar-refractivity contribution is 5.48. The molecule has 0 saturated carbocycles. The summed E-state index contributed by atoms with van der Waals surface area (Å²) in [4.78, 5) is 0. The van der Waals surface area contributed by atoms with Crippen LogP contribution in [-0.2, 0) is 17.4 Å². The smallest absolute Gasteiger partial charge is 0.0918 e. The van der Waals surface area contributed by atoms with E-state index in [2.05, 4.69) is 0 Å².